The smallest absolute Gasteiger partial charge is 0.167 e. The molecule has 2 fully saturated rings. The predicted octanol–water partition coefficient (Wildman–Crippen LogP) is 4.12. The van der Waals surface area contributed by atoms with Gasteiger partial charge in [0.05, 0.1) is 19.3 Å². The summed E-state index contributed by atoms with van der Waals surface area (Å²) in [6, 6.07) is 6.15. The Labute approximate surface area is 157 Å². The minimum atomic E-state index is -0.260. The lowest BCUT2D eigenvalue weighted by Crippen LogP contribution is -2.56. The Morgan fingerprint density at radius 1 is 1.20 bits per heavy atom. The Balaban J connectivity index is 0.00000182. The normalized spacial score (nSPS) is 31.9. The van der Waals surface area contributed by atoms with Crippen molar-refractivity contribution in [3.8, 4) is 11.5 Å². The van der Waals surface area contributed by atoms with Crippen LogP contribution in [0.2, 0.25) is 0 Å². The molecule has 3 aliphatic heterocycles. The summed E-state index contributed by atoms with van der Waals surface area (Å²) < 4.78 is 18.7. The molecule has 1 N–H and O–H groups in total. The van der Waals surface area contributed by atoms with Crippen molar-refractivity contribution in [2.75, 3.05) is 20.2 Å². The molecule has 4 nitrogen and oxygen atoms in total. The van der Waals surface area contributed by atoms with Gasteiger partial charge in [0.25, 0.3) is 0 Å². The number of nitrogens with one attached hydrogen (secondary N) is 1. The second-order valence-corrected chi connectivity index (χ2v) is 8.21. The van der Waals surface area contributed by atoms with Crippen LogP contribution in [0.15, 0.2) is 18.2 Å². The van der Waals surface area contributed by atoms with Crippen LogP contribution in [0, 0.1) is 11.3 Å². The van der Waals surface area contributed by atoms with Crippen LogP contribution in [0.1, 0.15) is 51.7 Å². The van der Waals surface area contributed by atoms with E-state index >= 15 is 0 Å². The molecule has 0 aromatic heterocycles. The van der Waals surface area contributed by atoms with Crippen LogP contribution in [0.3, 0.4) is 0 Å². The summed E-state index contributed by atoms with van der Waals surface area (Å²) in [7, 11) is 1.70. The molecular formula is C20H30ClNO3. The van der Waals surface area contributed by atoms with Gasteiger partial charge in [-0.1, -0.05) is 12.1 Å². The molecule has 0 radical (unpaired) electrons. The monoisotopic (exact) mass is 367 g/mol. The van der Waals surface area contributed by atoms with Gasteiger partial charge in [-0.25, -0.2) is 0 Å². The van der Waals surface area contributed by atoms with Crippen LogP contribution in [0.4, 0.5) is 0 Å². The highest BCUT2D eigenvalue weighted by molar-refractivity contribution is 5.85. The first-order chi connectivity index (χ1) is 11.5. The number of fused-ring (bicyclic) bond motifs is 3. The molecule has 4 rings (SSSR count). The number of hydrogen-bond acceptors (Lipinski definition) is 4. The van der Waals surface area contributed by atoms with E-state index in [2.05, 4.69) is 32.2 Å². The van der Waals surface area contributed by atoms with E-state index in [0.717, 1.165) is 30.2 Å². The zero-order valence-electron chi connectivity index (χ0n) is 15.6. The van der Waals surface area contributed by atoms with Gasteiger partial charge in [-0.05, 0) is 64.6 Å². The van der Waals surface area contributed by atoms with E-state index in [4.69, 9.17) is 14.2 Å². The molecular weight excluding hydrogens is 338 g/mol. The maximum atomic E-state index is 6.68. The van der Waals surface area contributed by atoms with Gasteiger partial charge in [0.15, 0.2) is 11.5 Å². The quantitative estimate of drug-likeness (QED) is 0.810. The molecule has 140 valence electrons. The van der Waals surface area contributed by atoms with Crippen molar-refractivity contribution in [2.24, 2.45) is 11.3 Å². The van der Waals surface area contributed by atoms with Crippen LogP contribution in [-0.2, 0) is 4.74 Å². The molecule has 0 saturated carbocycles. The second kappa shape index (κ2) is 6.64. The van der Waals surface area contributed by atoms with Gasteiger partial charge in [-0.15, -0.1) is 12.4 Å². The molecule has 1 aromatic rings. The van der Waals surface area contributed by atoms with E-state index in [-0.39, 0.29) is 35.6 Å². The zero-order chi connectivity index (χ0) is 16.9. The standard InChI is InChI=1S/C20H29NO3.ClH/c1-13-20(8-10-21-11-9-20)12-15-17(23-13)14-6-5-7-16(22-4)18(14)24-19(15,2)3;/h5-7,13,15,17,21H,8-12H2,1-4H3;1H/t13-,15-,17+;/m0./s1. The number of hydrogen-bond donors (Lipinski definition) is 1. The van der Waals surface area contributed by atoms with Gasteiger partial charge in [0.2, 0.25) is 0 Å². The number of halogens is 1. The maximum absolute atomic E-state index is 6.68. The predicted molar refractivity (Wildman–Crippen MR) is 101 cm³/mol. The van der Waals surface area contributed by atoms with Crippen molar-refractivity contribution in [3.05, 3.63) is 23.8 Å². The van der Waals surface area contributed by atoms with Crippen molar-refractivity contribution in [1.29, 1.82) is 0 Å². The fraction of sp³-hybridized carbons (Fsp3) is 0.700. The van der Waals surface area contributed by atoms with Crippen LogP contribution >= 0.6 is 12.4 Å². The van der Waals surface area contributed by atoms with Crippen LogP contribution in [-0.4, -0.2) is 31.9 Å². The molecule has 3 atom stereocenters. The summed E-state index contributed by atoms with van der Waals surface area (Å²) >= 11 is 0. The van der Waals surface area contributed by atoms with Crippen molar-refractivity contribution in [2.45, 2.75) is 57.8 Å². The summed E-state index contributed by atoms with van der Waals surface area (Å²) in [6.45, 7) is 8.86. The molecule has 5 heteroatoms. The molecule has 0 unspecified atom stereocenters. The topological polar surface area (TPSA) is 39.7 Å². The highest BCUT2D eigenvalue weighted by atomic mass is 35.5. The fourth-order valence-electron chi connectivity index (χ4n) is 4.97. The van der Waals surface area contributed by atoms with Crippen molar-refractivity contribution in [1.82, 2.24) is 5.32 Å². The van der Waals surface area contributed by atoms with Gasteiger partial charge in [-0.2, -0.15) is 0 Å². The Hall–Kier alpha value is -0.970. The molecule has 1 spiro atoms. The zero-order valence-corrected chi connectivity index (χ0v) is 16.4. The maximum Gasteiger partial charge on any atom is 0.167 e. The molecule has 0 amide bonds. The third-order valence-corrected chi connectivity index (χ3v) is 6.60. The molecule has 1 aromatic carbocycles. The van der Waals surface area contributed by atoms with E-state index in [0.29, 0.717) is 5.92 Å². The minimum Gasteiger partial charge on any atom is -0.493 e. The summed E-state index contributed by atoms with van der Waals surface area (Å²) in [5.41, 5.74) is 1.17. The van der Waals surface area contributed by atoms with Gasteiger partial charge < -0.3 is 19.5 Å². The summed E-state index contributed by atoms with van der Waals surface area (Å²) in [5, 5.41) is 3.50. The Bertz CT molecular complexity index is 627. The second-order valence-electron chi connectivity index (χ2n) is 8.21. The highest BCUT2D eigenvalue weighted by Gasteiger charge is 2.55. The van der Waals surface area contributed by atoms with Crippen molar-refractivity contribution < 1.29 is 14.2 Å². The largest absolute Gasteiger partial charge is 0.493 e. The number of methoxy groups -OCH3 is 1. The van der Waals surface area contributed by atoms with Crippen LogP contribution < -0.4 is 14.8 Å². The Kier molecular flexibility index (Phi) is 5.00. The summed E-state index contributed by atoms with van der Waals surface area (Å²) in [6.07, 6.45) is 3.92. The summed E-state index contributed by atoms with van der Waals surface area (Å²) in [4.78, 5) is 0. The minimum absolute atomic E-state index is 0. The first kappa shape index (κ1) is 18.8. The summed E-state index contributed by atoms with van der Waals surface area (Å²) in [5.74, 6) is 2.03. The third-order valence-electron chi connectivity index (χ3n) is 6.60. The molecule has 3 heterocycles. The van der Waals surface area contributed by atoms with E-state index < -0.39 is 0 Å². The molecule has 0 aliphatic carbocycles. The van der Waals surface area contributed by atoms with E-state index in [1.807, 2.05) is 12.1 Å². The van der Waals surface area contributed by atoms with Crippen molar-refractivity contribution >= 4 is 12.4 Å². The van der Waals surface area contributed by atoms with E-state index in [1.165, 1.54) is 19.3 Å². The first-order valence-electron chi connectivity index (χ1n) is 9.19. The number of ether oxygens (including phenoxy) is 3. The van der Waals surface area contributed by atoms with E-state index in [9.17, 15) is 0 Å². The number of rotatable bonds is 1. The van der Waals surface area contributed by atoms with Gasteiger partial charge >= 0.3 is 0 Å². The molecule has 3 aliphatic rings. The van der Waals surface area contributed by atoms with Crippen molar-refractivity contribution in [3.63, 3.8) is 0 Å². The number of piperidine rings is 1. The SMILES string of the molecule is COc1cccc2c1OC(C)(C)[C@H]1CC3(CCNCC3)[C@H](C)O[C@H]21.Cl. The molecule has 25 heavy (non-hydrogen) atoms. The molecule has 0 bridgehead atoms. The lowest BCUT2D eigenvalue weighted by Gasteiger charge is -2.56. The lowest BCUT2D eigenvalue weighted by atomic mass is 9.62. The van der Waals surface area contributed by atoms with Crippen LogP contribution in [0.5, 0.6) is 11.5 Å². The van der Waals surface area contributed by atoms with E-state index in [1.54, 1.807) is 7.11 Å². The number of benzene rings is 1. The van der Waals surface area contributed by atoms with Gasteiger partial charge in [-0.3, -0.25) is 0 Å². The average molecular weight is 368 g/mol. The number of para-hydroxylation sites is 1. The van der Waals surface area contributed by atoms with Gasteiger partial charge in [0, 0.05) is 11.5 Å². The Morgan fingerprint density at radius 3 is 2.60 bits per heavy atom. The molecule has 2 saturated heterocycles. The van der Waals surface area contributed by atoms with Crippen LogP contribution in [0.25, 0.3) is 0 Å². The Morgan fingerprint density at radius 2 is 1.92 bits per heavy atom. The highest BCUT2D eigenvalue weighted by Crippen LogP contribution is 2.58. The lowest BCUT2D eigenvalue weighted by molar-refractivity contribution is -0.205. The average Bonchev–Trinajstić information content (AvgIpc) is 2.57. The first-order valence-corrected chi connectivity index (χ1v) is 9.19. The third kappa shape index (κ3) is 2.92. The van der Waals surface area contributed by atoms with Gasteiger partial charge in [0.1, 0.15) is 5.60 Å². The fourth-order valence-corrected chi connectivity index (χ4v) is 4.97.